The Kier molecular flexibility index (Phi) is 5.54. The molecule has 2 nitrogen and oxygen atoms in total. The van der Waals surface area contributed by atoms with E-state index in [1.807, 2.05) is 0 Å². The van der Waals surface area contributed by atoms with Crippen molar-refractivity contribution >= 4 is 11.8 Å². The third-order valence-corrected chi connectivity index (χ3v) is 4.81. The highest BCUT2D eigenvalue weighted by atomic mass is 32.2. The van der Waals surface area contributed by atoms with E-state index >= 15 is 0 Å². The number of thioether (sulfide) groups is 1. The van der Waals surface area contributed by atoms with Crippen LogP contribution in [0.25, 0.3) is 0 Å². The zero-order chi connectivity index (χ0) is 12.8. The normalized spacial score (nSPS) is 22.9. The summed E-state index contributed by atoms with van der Waals surface area (Å²) in [6, 6.07) is 11.6. The first-order valence-electron chi connectivity index (χ1n) is 6.87. The molecule has 0 bridgehead atoms. The highest BCUT2D eigenvalue weighted by Gasteiger charge is 2.20. The molecule has 1 heterocycles. The van der Waals surface area contributed by atoms with Crippen LogP contribution in [0.4, 0.5) is 0 Å². The number of nitrogens with two attached hydrogens (primary N) is 1. The molecular formula is C15H24N2S. The summed E-state index contributed by atoms with van der Waals surface area (Å²) in [6.07, 6.45) is 2.18. The molecule has 1 aromatic rings. The molecule has 1 aliphatic rings. The largest absolute Gasteiger partial charge is 0.327 e. The minimum atomic E-state index is 0.302. The smallest absolute Gasteiger partial charge is 0.0171 e. The van der Waals surface area contributed by atoms with Gasteiger partial charge in [0.25, 0.3) is 0 Å². The van der Waals surface area contributed by atoms with Crippen molar-refractivity contribution < 1.29 is 0 Å². The predicted octanol–water partition coefficient (Wildman–Crippen LogP) is 2.38. The Morgan fingerprint density at radius 2 is 2.17 bits per heavy atom. The van der Waals surface area contributed by atoms with Gasteiger partial charge < -0.3 is 5.73 Å². The Morgan fingerprint density at radius 1 is 1.39 bits per heavy atom. The molecule has 0 aliphatic carbocycles. The molecule has 0 spiro atoms. The molecule has 0 saturated carbocycles. The lowest BCUT2D eigenvalue weighted by Crippen LogP contribution is -2.46. The van der Waals surface area contributed by atoms with Gasteiger partial charge >= 0.3 is 0 Å². The van der Waals surface area contributed by atoms with Gasteiger partial charge in [-0.05, 0) is 25.3 Å². The van der Waals surface area contributed by atoms with Gasteiger partial charge in [-0.3, -0.25) is 4.90 Å². The average molecular weight is 264 g/mol. The minimum absolute atomic E-state index is 0.302. The SMILES string of the molecule is CC1CSCCN1CC(N)CCc1ccccc1. The maximum Gasteiger partial charge on any atom is 0.0171 e. The number of hydrogen-bond acceptors (Lipinski definition) is 3. The van der Waals surface area contributed by atoms with E-state index < -0.39 is 0 Å². The Balaban J connectivity index is 1.73. The van der Waals surface area contributed by atoms with Crippen molar-refractivity contribution in [1.29, 1.82) is 0 Å². The van der Waals surface area contributed by atoms with Crippen LogP contribution in [-0.4, -0.2) is 41.6 Å². The summed E-state index contributed by atoms with van der Waals surface area (Å²) in [5.41, 5.74) is 7.66. The van der Waals surface area contributed by atoms with Crippen LogP contribution in [0.2, 0.25) is 0 Å². The molecule has 3 heteroatoms. The number of rotatable bonds is 5. The van der Waals surface area contributed by atoms with E-state index in [1.54, 1.807) is 0 Å². The van der Waals surface area contributed by atoms with Crippen molar-refractivity contribution in [2.75, 3.05) is 24.6 Å². The molecule has 2 rings (SSSR count). The van der Waals surface area contributed by atoms with E-state index in [1.165, 1.54) is 23.6 Å². The molecule has 1 aliphatic heterocycles. The van der Waals surface area contributed by atoms with Crippen molar-refractivity contribution in [3.8, 4) is 0 Å². The molecule has 2 unspecified atom stereocenters. The lowest BCUT2D eigenvalue weighted by molar-refractivity contribution is 0.215. The van der Waals surface area contributed by atoms with Gasteiger partial charge in [0.15, 0.2) is 0 Å². The third kappa shape index (κ3) is 4.30. The Morgan fingerprint density at radius 3 is 2.89 bits per heavy atom. The molecule has 2 atom stereocenters. The molecular weight excluding hydrogens is 240 g/mol. The highest BCUT2D eigenvalue weighted by molar-refractivity contribution is 7.99. The van der Waals surface area contributed by atoms with Gasteiger partial charge in [-0.15, -0.1) is 0 Å². The number of nitrogens with zero attached hydrogens (tertiary/aromatic N) is 1. The van der Waals surface area contributed by atoms with Crippen LogP contribution in [0.3, 0.4) is 0 Å². The van der Waals surface area contributed by atoms with E-state index in [-0.39, 0.29) is 0 Å². The molecule has 1 aromatic carbocycles. The summed E-state index contributed by atoms with van der Waals surface area (Å²) >= 11 is 2.06. The number of hydrogen-bond donors (Lipinski definition) is 1. The molecule has 1 saturated heterocycles. The second-order valence-electron chi connectivity index (χ2n) is 5.20. The fourth-order valence-corrected chi connectivity index (χ4v) is 3.50. The van der Waals surface area contributed by atoms with E-state index in [2.05, 4.69) is 53.9 Å². The first kappa shape index (κ1) is 13.9. The standard InChI is InChI=1S/C15H24N2S/c1-13-12-18-10-9-17(13)11-15(16)8-7-14-5-3-2-4-6-14/h2-6,13,15H,7-12,16H2,1H3. The summed E-state index contributed by atoms with van der Waals surface area (Å²) in [6.45, 7) is 4.56. The van der Waals surface area contributed by atoms with Crippen LogP contribution in [0.1, 0.15) is 18.9 Å². The van der Waals surface area contributed by atoms with Crippen molar-refractivity contribution in [3.05, 3.63) is 35.9 Å². The van der Waals surface area contributed by atoms with E-state index in [0.29, 0.717) is 12.1 Å². The van der Waals surface area contributed by atoms with Gasteiger partial charge in [0.2, 0.25) is 0 Å². The molecule has 1 fully saturated rings. The third-order valence-electron chi connectivity index (χ3n) is 3.62. The summed E-state index contributed by atoms with van der Waals surface area (Å²) in [7, 11) is 0. The fourth-order valence-electron chi connectivity index (χ4n) is 2.42. The first-order chi connectivity index (χ1) is 8.75. The van der Waals surface area contributed by atoms with Crippen molar-refractivity contribution in [3.63, 3.8) is 0 Å². The molecule has 2 N–H and O–H groups in total. The predicted molar refractivity (Wildman–Crippen MR) is 81.1 cm³/mol. The number of benzene rings is 1. The van der Waals surface area contributed by atoms with Crippen molar-refractivity contribution in [1.82, 2.24) is 4.90 Å². The van der Waals surface area contributed by atoms with Crippen LogP contribution >= 0.6 is 11.8 Å². The van der Waals surface area contributed by atoms with Crippen LogP contribution in [0.5, 0.6) is 0 Å². The molecule has 18 heavy (non-hydrogen) atoms. The van der Waals surface area contributed by atoms with Gasteiger partial charge in [0, 0.05) is 36.7 Å². The first-order valence-corrected chi connectivity index (χ1v) is 8.02. The van der Waals surface area contributed by atoms with E-state index in [0.717, 1.165) is 19.4 Å². The van der Waals surface area contributed by atoms with Gasteiger partial charge in [0.1, 0.15) is 0 Å². The maximum absolute atomic E-state index is 6.27. The summed E-state index contributed by atoms with van der Waals surface area (Å²) in [4.78, 5) is 2.55. The van der Waals surface area contributed by atoms with Crippen LogP contribution in [-0.2, 0) is 6.42 Å². The fraction of sp³-hybridized carbons (Fsp3) is 0.600. The van der Waals surface area contributed by atoms with Crippen molar-refractivity contribution in [2.24, 2.45) is 5.73 Å². The Bertz CT molecular complexity index is 342. The topological polar surface area (TPSA) is 29.3 Å². The molecule has 0 aromatic heterocycles. The summed E-state index contributed by atoms with van der Waals surface area (Å²) in [5, 5.41) is 0. The summed E-state index contributed by atoms with van der Waals surface area (Å²) in [5.74, 6) is 2.52. The molecule has 100 valence electrons. The quantitative estimate of drug-likeness (QED) is 0.885. The Labute approximate surface area is 115 Å². The molecule has 0 radical (unpaired) electrons. The van der Waals surface area contributed by atoms with E-state index in [9.17, 15) is 0 Å². The van der Waals surface area contributed by atoms with Crippen LogP contribution < -0.4 is 5.73 Å². The van der Waals surface area contributed by atoms with Crippen LogP contribution in [0.15, 0.2) is 30.3 Å². The van der Waals surface area contributed by atoms with Crippen LogP contribution in [0, 0.1) is 0 Å². The Hall–Kier alpha value is -0.510. The monoisotopic (exact) mass is 264 g/mol. The van der Waals surface area contributed by atoms with Crippen molar-refractivity contribution in [2.45, 2.75) is 31.8 Å². The second-order valence-corrected chi connectivity index (χ2v) is 6.35. The lowest BCUT2D eigenvalue weighted by atomic mass is 10.1. The lowest BCUT2D eigenvalue weighted by Gasteiger charge is -2.34. The summed E-state index contributed by atoms with van der Waals surface area (Å²) < 4.78 is 0. The zero-order valence-electron chi connectivity index (χ0n) is 11.2. The van der Waals surface area contributed by atoms with Gasteiger partial charge in [-0.25, -0.2) is 0 Å². The average Bonchev–Trinajstić information content (AvgIpc) is 2.40. The highest BCUT2D eigenvalue weighted by Crippen LogP contribution is 2.16. The zero-order valence-corrected chi connectivity index (χ0v) is 12.0. The van der Waals surface area contributed by atoms with Gasteiger partial charge in [0.05, 0.1) is 0 Å². The van der Waals surface area contributed by atoms with Gasteiger partial charge in [-0.2, -0.15) is 11.8 Å². The minimum Gasteiger partial charge on any atom is -0.327 e. The van der Waals surface area contributed by atoms with Gasteiger partial charge in [-0.1, -0.05) is 30.3 Å². The number of aryl methyl sites for hydroxylation is 1. The molecule has 0 amide bonds. The second kappa shape index (κ2) is 7.17. The van der Waals surface area contributed by atoms with E-state index in [4.69, 9.17) is 5.73 Å². The maximum atomic E-state index is 6.27.